The van der Waals surface area contributed by atoms with Crippen LogP contribution < -0.4 is 0 Å². The third-order valence-electron chi connectivity index (χ3n) is 6.15. The maximum Gasteiger partial charge on any atom is 0.163 e. The SMILES string of the molecule is CC(=O)c1cc2c(cc1O)C1(C)CCCC(C)(C)C1CC2. The molecule has 2 heteroatoms. The standard InChI is InChI=1S/C19H26O2/c1-12(20)14-10-13-6-7-17-18(2,3)8-5-9-19(17,4)15(13)11-16(14)21/h10-11,17,21H,5-9H2,1-4H3. The van der Waals surface area contributed by atoms with Crippen molar-refractivity contribution in [2.24, 2.45) is 11.3 Å². The molecule has 0 radical (unpaired) electrons. The first kappa shape index (κ1) is 14.6. The summed E-state index contributed by atoms with van der Waals surface area (Å²) in [5.74, 6) is 0.770. The number of ketones is 1. The van der Waals surface area contributed by atoms with E-state index in [-0.39, 0.29) is 16.9 Å². The number of hydrogen-bond acceptors (Lipinski definition) is 2. The molecule has 2 atom stereocenters. The molecular weight excluding hydrogens is 260 g/mol. The van der Waals surface area contributed by atoms with Gasteiger partial charge in [0.1, 0.15) is 5.75 Å². The van der Waals surface area contributed by atoms with Gasteiger partial charge in [0.15, 0.2) is 5.78 Å². The van der Waals surface area contributed by atoms with Crippen LogP contribution in [0.1, 0.15) is 74.9 Å². The molecule has 0 aliphatic heterocycles. The monoisotopic (exact) mass is 286 g/mol. The number of phenols is 1. The molecule has 1 aromatic carbocycles. The minimum Gasteiger partial charge on any atom is -0.507 e. The van der Waals surface area contributed by atoms with Crippen molar-refractivity contribution in [3.05, 3.63) is 28.8 Å². The summed E-state index contributed by atoms with van der Waals surface area (Å²) in [7, 11) is 0. The number of hydrogen-bond donors (Lipinski definition) is 1. The van der Waals surface area contributed by atoms with Gasteiger partial charge < -0.3 is 5.11 Å². The summed E-state index contributed by atoms with van der Waals surface area (Å²) < 4.78 is 0. The highest BCUT2D eigenvalue weighted by molar-refractivity contribution is 5.97. The van der Waals surface area contributed by atoms with Gasteiger partial charge in [-0.15, -0.1) is 0 Å². The van der Waals surface area contributed by atoms with Crippen LogP contribution in [0.5, 0.6) is 5.75 Å². The summed E-state index contributed by atoms with van der Waals surface area (Å²) in [6, 6.07) is 3.83. The van der Waals surface area contributed by atoms with Gasteiger partial charge in [-0.05, 0) is 72.6 Å². The predicted molar refractivity (Wildman–Crippen MR) is 84.9 cm³/mol. The zero-order valence-corrected chi connectivity index (χ0v) is 13.6. The highest BCUT2D eigenvalue weighted by Gasteiger charge is 2.49. The number of fused-ring (bicyclic) bond motifs is 3. The second kappa shape index (κ2) is 4.59. The lowest BCUT2D eigenvalue weighted by Gasteiger charge is -2.54. The van der Waals surface area contributed by atoms with E-state index in [9.17, 15) is 9.90 Å². The molecule has 21 heavy (non-hydrogen) atoms. The summed E-state index contributed by atoms with van der Waals surface area (Å²) in [4.78, 5) is 11.7. The third kappa shape index (κ3) is 2.11. The van der Waals surface area contributed by atoms with Gasteiger partial charge in [0.2, 0.25) is 0 Å². The van der Waals surface area contributed by atoms with E-state index in [0.717, 1.165) is 6.42 Å². The van der Waals surface area contributed by atoms with E-state index in [0.29, 0.717) is 16.9 Å². The Labute approximate surface area is 127 Å². The number of benzene rings is 1. The lowest BCUT2D eigenvalue weighted by atomic mass is 9.50. The molecule has 0 saturated heterocycles. The van der Waals surface area contributed by atoms with Crippen molar-refractivity contribution in [1.29, 1.82) is 0 Å². The Balaban J connectivity index is 2.14. The smallest absolute Gasteiger partial charge is 0.163 e. The average molecular weight is 286 g/mol. The first-order valence-electron chi connectivity index (χ1n) is 8.13. The molecule has 3 rings (SSSR count). The molecule has 2 unspecified atom stereocenters. The summed E-state index contributed by atoms with van der Waals surface area (Å²) >= 11 is 0. The Morgan fingerprint density at radius 2 is 1.95 bits per heavy atom. The van der Waals surface area contributed by atoms with Gasteiger partial charge in [0.05, 0.1) is 5.56 Å². The number of aromatic hydroxyl groups is 1. The summed E-state index contributed by atoms with van der Waals surface area (Å²) in [6.45, 7) is 8.68. The van der Waals surface area contributed by atoms with E-state index in [1.165, 1.54) is 43.7 Å². The zero-order chi connectivity index (χ0) is 15.4. The van der Waals surface area contributed by atoms with Gasteiger partial charge >= 0.3 is 0 Å². The van der Waals surface area contributed by atoms with Gasteiger partial charge in [-0.3, -0.25) is 4.79 Å². The molecule has 2 aliphatic rings. The Hall–Kier alpha value is -1.31. The van der Waals surface area contributed by atoms with E-state index in [2.05, 4.69) is 20.8 Å². The van der Waals surface area contributed by atoms with Crippen LogP contribution in [0.3, 0.4) is 0 Å². The summed E-state index contributed by atoms with van der Waals surface area (Å²) in [5.41, 5.74) is 3.54. The Morgan fingerprint density at radius 3 is 2.62 bits per heavy atom. The highest BCUT2D eigenvalue weighted by atomic mass is 16.3. The molecule has 2 nitrogen and oxygen atoms in total. The van der Waals surface area contributed by atoms with Gasteiger partial charge in [-0.2, -0.15) is 0 Å². The lowest BCUT2D eigenvalue weighted by molar-refractivity contribution is 0.0405. The third-order valence-corrected chi connectivity index (χ3v) is 6.15. The molecule has 0 aromatic heterocycles. The first-order valence-corrected chi connectivity index (χ1v) is 8.13. The molecule has 1 fully saturated rings. The molecule has 2 aliphatic carbocycles. The fourth-order valence-electron chi connectivity index (χ4n) is 5.11. The Kier molecular flexibility index (Phi) is 3.20. The first-order chi connectivity index (χ1) is 9.75. The molecule has 1 aromatic rings. The van der Waals surface area contributed by atoms with E-state index < -0.39 is 0 Å². The quantitative estimate of drug-likeness (QED) is 0.764. The fourth-order valence-corrected chi connectivity index (χ4v) is 5.11. The van der Waals surface area contributed by atoms with Crippen LogP contribution in [-0.2, 0) is 11.8 Å². The molecule has 1 N–H and O–H groups in total. The topological polar surface area (TPSA) is 37.3 Å². The largest absolute Gasteiger partial charge is 0.507 e. The van der Waals surface area contributed by atoms with Gasteiger partial charge in [-0.25, -0.2) is 0 Å². The Bertz CT molecular complexity index is 600. The molecule has 114 valence electrons. The van der Waals surface area contributed by atoms with Gasteiger partial charge in [-0.1, -0.05) is 27.2 Å². The van der Waals surface area contributed by atoms with Crippen molar-refractivity contribution in [1.82, 2.24) is 0 Å². The average Bonchev–Trinajstić information content (AvgIpc) is 2.37. The van der Waals surface area contributed by atoms with Crippen molar-refractivity contribution in [3.8, 4) is 5.75 Å². The second-order valence-corrected chi connectivity index (χ2v) is 7.93. The minimum absolute atomic E-state index is 0.0495. The van der Waals surface area contributed by atoms with Crippen LogP contribution in [-0.4, -0.2) is 10.9 Å². The molecule has 0 bridgehead atoms. The van der Waals surface area contributed by atoms with Crippen LogP contribution in [0.2, 0.25) is 0 Å². The number of phenolic OH excluding ortho intramolecular Hbond substituents is 1. The van der Waals surface area contributed by atoms with Crippen molar-refractivity contribution < 1.29 is 9.90 Å². The number of carbonyl (C=O) groups excluding carboxylic acids is 1. The fraction of sp³-hybridized carbons (Fsp3) is 0.632. The normalized spacial score (nSPS) is 30.4. The molecule has 0 spiro atoms. The predicted octanol–water partition coefficient (Wildman–Crippen LogP) is 4.63. The molecular formula is C19H26O2. The van der Waals surface area contributed by atoms with Crippen LogP contribution in [0.25, 0.3) is 0 Å². The maximum atomic E-state index is 11.7. The van der Waals surface area contributed by atoms with E-state index in [1.54, 1.807) is 0 Å². The number of aryl methyl sites for hydroxylation is 1. The molecule has 0 heterocycles. The van der Waals surface area contributed by atoms with Gasteiger partial charge in [0, 0.05) is 0 Å². The number of Topliss-reactive ketones (excluding diaryl/α,β-unsaturated/α-hetero) is 1. The maximum absolute atomic E-state index is 11.7. The zero-order valence-electron chi connectivity index (χ0n) is 13.6. The number of rotatable bonds is 1. The summed E-state index contributed by atoms with van der Waals surface area (Å²) in [5, 5.41) is 10.3. The minimum atomic E-state index is -0.0495. The van der Waals surface area contributed by atoms with Crippen molar-refractivity contribution in [3.63, 3.8) is 0 Å². The van der Waals surface area contributed by atoms with E-state index in [4.69, 9.17) is 0 Å². The lowest BCUT2D eigenvalue weighted by Crippen LogP contribution is -2.47. The van der Waals surface area contributed by atoms with Crippen molar-refractivity contribution in [2.45, 2.75) is 65.2 Å². The second-order valence-electron chi connectivity index (χ2n) is 7.93. The van der Waals surface area contributed by atoms with Crippen molar-refractivity contribution >= 4 is 5.78 Å². The molecule has 0 amide bonds. The van der Waals surface area contributed by atoms with Crippen LogP contribution >= 0.6 is 0 Å². The van der Waals surface area contributed by atoms with Gasteiger partial charge in [0.25, 0.3) is 0 Å². The number of carbonyl (C=O) groups is 1. The van der Waals surface area contributed by atoms with Crippen molar-refractivity contribution in [2.75, 3.05) is 0 Å². The van der Waals surface area contributed by atoms with Crippen LogP contribution in [0.4, 0.5) is 0 Å². The molecule has 1 saturated carbocycles. The Morgan fingerprint density at radius 1 is 1.24 bits per heavy atom. The highest BCUT2D eigenvalue weighted by Crippen LogP contribution is 2.57. The van der Waals surface area contributed by atoms with E-state index in [1.807, 2.05) is 12.1 Å². The van der Waals surface area contributed by atoms with E-state index >= 15 is 0 Å². The summed E-state index contributed by atoms with van der Waals surface area (Å²) in [6.07, 6.45) is 5.94. The van der Waals surface area contributed by atoms with Crippen LogP contribution in [0, 0.1) is 11.3 Å². The van der Waals surface area contributed by atoms with Crippen LogP contribution in [0.15, 0.2) is 12.1 Å².